The molecular weight excluding hydrogens is 562 g/mol. The number of thioether (sulfide) groups is 1. The molecule has 17 heteroatoms. The number of carboxylic acid groups (broad SMARTS) is 1. The fourth-order valence-corrected chi connectivity index (χ4v) is 6.05. The number of carbonyl (C=O) groups is 4. The number of unbranched alkanes of at least 4 members (excludes halogenated alkanes) is 2. The van der Waals surface area contributed by atoms with Gasteiger partial charge in [0.15, 0.2) is 23.3 Å². The molecule has 4 amide bonds. The number of aliphatic carboxylic acids is 1. The van der Waals surface area contributed by atoms with Crippen LogP contribution >= 0.6 is 11.8 Å². The Morgan fingerprint density at radius 3 is 2.42 bits per heavy atom. The predicted molar refractivity (Wildman–Crippen MR) is 135 cm³/mol. The summed E-state index contributed by atoms with van der Waals surface area (Å²) in [5.41, 5.74) is 4.98. The van der Waals surface area contributed by atoms with Gasteiger partial charge < -0.3 is 26.4 Å². The van der Waals surface area contributed by atoms with E-state index in [2.05, 4.69) is 26.0 Å². The highest BCUT2D eigenvalue weighted by molar-refractivity contribution is 8.00. The number of azide groups is 1. The fourth-order valence-electron chi connectivity index (χ4n) is 4.50. The van der Waals surface area contributed by atoms with Gasteiger partial charge in [0.25, 0.3) is 5.91 Å². The van der Waals surface area contributed by atoms with E-state index in [1.165, 1.54) is 0 Å². The van der Waals surface area contributed by atoms with Crippen molar-refractivity contribution in [2.45, 2.75) is 68.3 Å². The van der Waals surface area contributed by atoms with E-state index < -0.39 is 52.4 Å². The van der Waals surface area contributed by atoms with E-state index in [0.29, 0.717) is 24.5 Å². The molecule has 12 nitrogen and oxygen atoms in total. The van der Waals surface area contributed by atoms with Crippen LogP contribution in [0.25, 0.3) is 10.4 Å². The monoisotopic (exact) mass is 589 g/mol. The van der Waals surface area contributed by atoms with E-state index >= 15 is 0 Å². The third-order valence-corrected chi connectivity index (χ3v) is 8.05. The minimum absolute atomic E-state index is 0.107. The highest BCUT2D eigenvalue weighted by atomic mass is 32.2. The lowest BCUT2D eigenvalue weighted by Gasteiger charge is -2.16. The van der Waals surface area contributed by atoms with Crippen LogP contribution in [-0.2, 0) is 9.59 Å². The Morgan fingerprint density at radius 2 is 1.77 bits per heavy atom. The third kappa shape index (κ3) is 7.47. The van der Waals surface area contributed by atoms with Crippen LogP contribution in [-0.4, -0.2) is 64.6 Å². The summed E-state index contributed by atoms with van der Waals surface area (Å²) in [5.74, 6) is -11.1. The van der Waals surface area contributed by atoms with Crippen molar-refractivity contribution < 1.29 is 41.8 Å². The Hall–Kier alpha value is -3.72. The molecule has 1 aromatic carbocycles. The number of carbonyl (C=O) groups excluding carboxylic acids is 3. The van der Waals surface area contributed by atoms with E-state index in [4.69, 9.17) is 5.53 Å². The van der Waals surface area contributed by atoms with Crippen LogP contribution in [0.15, 0.2) is 5.11 Å². The lowest BCUT2D eigenvalue weighted by atomic mass is 10.0. The van der Waals surface area contributed by atoms with Crippen molar-refractivity contribution in [3.63, 3.8) is 0 Å². The maximum Gasteiger partial charge on any atom is 0.326 e. The molecule has 0 aromatic heterocycles. The molecule has 2 saturated heterocycles. The van der Waals surface area contributed by atoms with Gasteiger partial charge >= 0.3 is 12.0 Å². The number of halogens is 4. The molecule has 0 saturated carbocycles. The van der Waals surface area contributed by atoms with Gasteiger partial charge in [-0.2, -0.15) is 11.8 Å². The number of fused-ring (bicyclic) bond motifs is 1. The molecule has 4 atom stereocenters. The van der Waals surface area contributed by atoms with Gasteiger partial charge in [-0.05, 0) is 37.6 Å². The average Bonchev–Trinajstić information content (AvgIpc) is 3.46. The molecule has 40 heavy (non-hydrogen) atoms. The van der Waals surface area contributed by atoms with Gasteiger partial charge in [0.2, 0.25) is 5.91 Å². The predicted octanol–water partition coefficient (Wildman–Crippen LogP) is 3.38. The van der Waals surface area contributed by atoms with Gasteiger partial charge in [-0.25, -0.2) is 27.2 Å². The second kappa shape index (κ2) is 14.1. The zero-order valence-electron chi connectivity index (χ0n) is 21.0. The van der Waals surface area contributed by atoms with Crippen molar-refractivity contribution in [2.75, 3.05) is 12.3 Å². The SMILES string of the molecule is [N-]=[N+]=Nc1c(F)c(F)c(C(=O)N[C@@H](CCCCNC(=O)CCCC[C@@H]2SC[C@@H]3NC(=O)N[C@@H]32)C(=O)O)c(F)c1F. The van der Waals surface area contributed by atoms with E-state index in [1.54, 1.807) is 11.8 Å². The van der Waals surface area contributed by atoms with E-state index in [-0.39, 0.29) is 43.4 Å². The Balaban J connectivity index is 1.37. The number of rotatable bonds is 14. The van der Waals surface area contributed by atoms with Crippen molar-refractivity contribution in [1.29, 1.82) is 0 Å². The fraction of sp³-hybridized carbons (Fsp3) is 0.565. The molecule has 2 heterocycles. The summed E-state index contributed by atoms with van der Waals surface area (Å²) in [6.07, 6.45) is 2.95. The zero-order valence-corrected chi connectivity index (χ0v) is 21.8. The molecule has 218 valence electrons. The molecule has 1 aromatic rings. The number of benzene rings is 1. The summed E-state index contributed by atoms with van der Waals surface area (Å²) < 4.78 is 56.2. The van der Waals surface area contributed by atoms with Crippen LogP contribution < -0.4 is 21.3 Å². The summed E-state index contributed by atoms with van der Waals surface area (Å²) >= 11 is 1.79. The first-order chi connectivity index (χ1) is 19.0. The lowest BCUT2D eigenvalue weighted by Crippen LogP contribution is -2.41. The standard InChI is InChI=1S/C23H27F4N7O5S/c24-15-14(16(25)18(27)20(17(15)26)33-34-28)21(36)30-10(22(37)38)5-3-4-8-29-13(35)7-2-1-6-12-19-11(9-40-12)31-23(39)32-19/h10-12,19H,1-9H2,(H,29,35)(H,30,36)(H,37,38)(H2,31,32,39)/t10-,11-,12-,19-/m0/s1. The molecule has 5 N–H and O–H groups in total. The second-order valence-electron chi connectivity index (χ2n) is 9.25. The van der Waals surface area contributed by atoms with Gasteiger partial charge in [0.05, 0.1) is 12.1 Å². The zero-order chi connectivity index (χ0) is 29.4. The number of urea groups is 1. The van der Waals surface area contributed by atoms with Crippen LogP contribution in [0.3, 0.4) is 0 Å². The number of hydrogen-bond acceptors (Lipinski definition) is 6. The first-order valence-corrected chi connectivity index (χ1v) is 13.5. The number of hydrogen-bond donors (Lipinski definition) is 5. The molecule has 0 unspecified atom stereocenters. The lowest BCUT2D eigenvalue weighted by molar-refractivity contribution is -0.139. The summed E-state index contributed by atoms with van der Waals surface area (Å²) in [7, 11) is 0. The molecule has 0 bridgehead atoms. The molecule has 2 aliphatic heterocycles. The number of nitrogens with zero attached hydrogens (tertiary/aromatic N) is 3. The number of amides is 4. The summed E-state index contributed by atoms with van der Waals surface area (Å²) in [5, 5.41) is 22.5. The van der Waals surface area contributed by atoms with Crippen LogP contribution in [0.5, 0.6) is 0 Å². The first kappa shape index (κ1) is 30.8. The average molecular weight is 590 g/mol. The normalized spacial score (nSPS) is 20.1. The topological polar surface area (TPSA) is 185 Å². The van der Waals surface area contributed by atoms with Gasteiger partial charge in [-0.3, -0.25) is 9.59 Å². The quantitative estimate of drug-likeness (QED) is 0.0421. The maximum absolute atomic E-state index is 14.2. The summed E-state index contributed by atoms with van der Waals surface area (Å²) in [4.78, 5) is 49.3. The van der Waals surface area contributed by atoms with E-state index in [1.807, 2.05) is 5.32 Å². The number of nitrogens with one attached hydrogen (secondary N) is 4. The van der Waals surface area contributed by atoms with Crippen LogP contribution in [0.4, 0.5) is 28.0 Å². The molecule has 0 aliphatic carbocycles. The van der Waals surface area contributed by atoms with Gasteiger partial charge in [0.1, 0.15) is 17.3 Å². The largest absolute Gasteiger partial charge is 0.480 e. The minimum atomic E-state index is -2.14. The van der Waals surface area contributed by atoms with Gasteiger partial charge in [-0.1, -0.05) is 11.5 Å². The Labute approximate surface area is 229 Å². The van der Waals surface area contributed by atoms with Crippen molar-refractivity contribution >= 4 is 41.3 Å². The van der Waals surface area contributed by atoms with Gasteiger partial charge in [0, 0.05) is 28.9 Å². The highest BCUT2D eigenvalue weighted by Gasteiger charge is 2.42. The van der Waals surface area contributed by atoms with Crippen LogP contribution in [0.1, 0.15) is 55.3 Å². The third-order valence-electron chi connectivity index (χ3n) is 6.54. The summed E-state index contributed by atoms with van der Waals surface area (Å²) in [6.45, 7) is 0.222. The van der Waals surface area contributed by atoms with Gasteiger partial charge in [-0.15, -0.1) is 0 Å². The van der Waals surface area contributed by atoms with E-state index in [0.717, 1.165) is 18.6 Å². The molecular formula is C23H27F4N7O5S. The highest BCUT2D eigenvalue weighted by Crippen LogP contribution is 2.33. The van der Waals surface area contributed by atoms with Crippen LogP contribution in [0, 0.1) is 23.3 Å². The van der Waals surface area contributed by atoms with Crippen molar-refractivity contribution in [3.8, 4) is 0 Å². The Bertz CT molecular complexity index is 1190. The summed E-state index contributed by atoms with van der Waals surface area (Å²) in [6, 6.07) is -1.54. The smallest absolute Gasteiger partial charge is 0.326 e. The number of carboxylic acids is 1. The van der Waals surface area contributed by atoms with E-state index in [9.17, 15) is 41.8 Å². The molecule has 2 aliphatic rings. The molecule has 2 fully saturated rings. The van der Waals surface area contributed by atoms with Crippen molar-refractivity contribution in [3.05, 3.63) is 39.3 Å². The Kier molecular flexibility index (Phi) is 10.8. The van der Waals surface area contributed by atoms with Crippen molar-refractivity contribution in [2.24, 2.45) is 5.11 Å². The minimum Gasteiger partial charge on any atom is -0.480 e. The first-order valence-electron chi connectivity index (χ1n) is 12.4. The van der Waals surface area contributed by atoms with Crippen LogP contribution in [0.2, 0.25) is 0 Å². The molecule has 0 spiro atoms. The molecule has 3 rings (SSSR count). The molecule has 0 radical (unpaired) electrons. The second-order valence-corrected chi connectivity index (χ2v) is 10.5. The van der Waals surface area contributed by atoms with Crippen molar-refractivity contribution in [1.82, 2.24) is 21.3 Å². The Morgan fingerprint density at radius 1 is 1.07 bits per heavy atom. The maximum atomic E-state index is 14.2.